The number of nitrogens with one attached hydrogen (secondary N) is 2. The van der Waals surface area contributed by atoms with Gasteiger partial charge in [0.05, 0.1) is 6.42 Å². The third-order valence-corrected chi connectivity index (χ3v) is 3.58. The minimum Gasteiger partial charge on any atom is -0.354 e. The molecule has 0 saturated carbocycles. The Labute approximate surface area is 140 Å². The first-order chi connectivity index (χ1) is 11.0. The molecular weight excluding hydrogens is 312 g/mol. The quantitative estimate of drug-likeness (QED) is 0.800. The summed E-state index contributed by atoms with van der Waals surface area (Å²) in [5, 5.41) is 6.12. The van der Waals surface area contributed by atoms with Crippen molar-refractivity contribution >= 4 is 23.4 Å². The van der Waals surface area contributed by atoms with Crippen molar-refractivity contribution in [2.75, 3.05) is 13.1 Å². The maximum absolute atomic E-state index is 11.9. The first kappa shape index (κ1) is 17.0. The van der Waals surface area contributed by atoms with Crippen LogP contribution in [0.5, 0.6) is 0 Å². The normalized spacial score (nSPS) is 10.2. The molecule has 0 unspecified atom stereocenters. The number of aryl methyl sites for hydroxylation is 1. The summed E-state index contributed by atoms with van der Waals surface area (Å²) >= 11 is 5.77. The van der Waals surface area contributed by atoms with Crippen LogP contribution in [0.2, 0.25) is 5.02 Å². The van der Waals surface area contributed by atoms with Crippen LogP contribution in [0.1, 0.15) is 21.5 Å². The van der Waals surface area contributed by atoms with Gasteiger partial charge in [0.25, 0.3) is 5.91 Å². The van der Waals surface area contributed by atoms with Gasteiger partial charge in [-0.1, -0.05) is 41.4 Å². The summed E-state index contributed by atoms with van der Waals surface area (Å²) in [6.45, 7) is 2.78. The molecule has 0 fully saturated rings. The lowest BCUT2D eigenvalue weighted by Crippen LogP contribution is -2.35. The lowest BCUT2D eigenvalue weighted by molar-refractivity contribution is -0.120. The number of hydrogen-bond acceptors (Lipinski definition) is 2. The molecule has 0 aliphatic heterocycles. The van der Waals surface area contributed by atoms with Crippen LogP contribution >= 0.6 is 11.6 Å². The van der Waals surface area contributed by atoms with Gasteiger partial charge in [-0.2, -0.15) is 0 Å². The number of rotatable bonds is 6. The van der Waals surface area contributed by atoms with Crippen molar-refractivity contribution < 1.29 is 9.59 Å². The maximum Gasteiger partial charge on any atom is 0.251 e. The van der Waals surface area contributed by atoms with Gasteiger partial charge >= 0.3 is 0 Å². The molecule has 4 nitrogen and oxygen atoms in total. The maximum atomic E-state index is 11.9. The summed E-state index contributed by atoms with van der Waals surface area (Å²) in [6.07, 6.45) is 0.339. The third-order valence-electron chi connectivity index (χ3n) is 3.32. The van der Waals surface area contributed by atoms with Gasteiger partial charge in [0.2, 0.25) is 5.91 Å². The van der Waals surface area contributed by atoms with Crippen molar-refractivity contribution in [3.63, 3.8) is 0 Å². The summed E-state index contributed by atoms with van der Waals surface area (Å²) in [4.78, 5) is 23.7. The number of benzene rings is 2. The first-order valence-corrected chi connectivity index (χ1v) is 7.78. The minimum atomic E-state index is -0.186. The second kappa shape index (κ2) is 8.34. The molecule has 5 heteroatoms. The van der Waals surface area contributed by atoms with Gasteiger partial charge in [-0.3, -0.25) is 9.59 Å². The van der Waals surface area contributed by atoms with E-state index in [1.54, 1.807) is 24.3 Å². The molecule has 0 saturated heterocycles. The lowest BCUT2D eigenvalue weighted by atomic mass is 10.1. The van der Waals surface area contributed by atoms with E-state index >= 15 is 0 Å². The Morgan fingerprint density at radius 2 is 1.52 bits per heavy atom. The van der Waals surface area contributed by atoms with Crippen LogP contribution in [-0.2, 0) is 11.2 Å². The zero-order valence-electron chi connectivity index (χ0n) is 12.9. The Hall–Kier alpha value is -2.33. The van der Waals surface area contributed by atoms with Gasteiger partial charge in [0.1, 0.15) is 0 Å². The lowest BCUT2D eigenvalue weighted by Gasteiger charge is -2.07. The molecule has 0 heterocycles. The highest BCUT2D eigenvalue weighted by molar-refractivity contribution is 6.30. The van der Waals surface area contributed by atoms with Crippen LogP contribution in [-0.4, -0.2) is 24.9 Å². The SMILES string of the molecule is Cc1ccc(CC(=O)NCCNC(=O)c2ccc(Cl)cc2)cc1. The smallest absolute Gasteiger partial charge is 0.251 e. The van der Waals surface area contributed by atoms with E-state index < -0.39 is 0 Å². The van der Waals surface area contributed by atoms with E-state index in [9.17, 15) is 9.59 Å². The molecular formula is C18H19ClN2O2. The Kier molecular flexibility index (Phi) is 6.18. The second-order valence-corrected chi connectivity index (χ2v) is 5.71. The van der Waals surface area contributed by atoms with Crippen LogP contribution in [0.3, 0.4) is 0 Å². The summed E-state index contributed by atoms with van der Waals surface area (Å²) in [5.41, 5.74) is 2.68. The molecule has 0 radical (unpaired) electrons. The van der Waals surface area contributed by atoms with Gasteiger partial charge in [0.15, 0.2) is 0 Å². The van der Waals surface area contributed by atoms with Crippen molar-refractivity contribution in [2.24, 2.45) is 0 Å². The molecule has 0 bridgehead atoms. The fraction of sp³-hybridized carbons (Fsp3) is 0.222. The highest BCUT2D eigenvalue weighted by atomic mass is 35.5. The van der Waals surface area contributed by atoms with Gasteiger partial charge < -0.3 is 10.6 Å². The zero-order chi connectivity index (χ0) is 16.7. The summed E-state index contributed by atoms with van der Waals surface area (Å²) in [7, 11) is 0. The van der Waals surface area contributed by atoms with Crippen molar-refractivity contribution in [1.82, 2.24) is 10.6 Å². The number of carbonyl (C=O) groups is 2. The summed E-state index contributed by atoms with van der Waals surface area (Å²) in [6, 6.07) is 14.5. The molecule has 0 aliphatic rings. The Morgan fingerprint density at radius 1 is 0.913 bits per heavy atom. The standard InChI is InChI=1S/C18H19ClN2O2/c1-13-2-4-14(5-3-13)12-17(22)20-10-11-21-18(23)15-6-8-16(19)9-7-15/h2-9H,10-12H2,1H3,(H,20,22)(H,21,23). The molecule has 2 rings (SSSR count). The van der Waals surface area contributed by atoms with Crippen LogP contribution in [0, 0.1) is 6.92 Å². The predicted octanol–water partition coefficient (Wildman–Crippen LogP) is 2.74. The van der Waals surface area contributed by atoms with Gasteiger partial charge in [-0.25, -0.2) is 0 Å². The molecule has 2 aromatic carbocycles. The Bertz CT molecular complexity index is 666. The van der Waals surface area contributed by atoms with E-state index in [1.807, 2.05) is 31.2 Å². The number of halogens is 1. The van der Waals surface area contributed by atoms with Crippen LogP contribution in [0.4, 0.5) is 0 Å². The number of hydrogen-bond donors (Lipinski definition) is 2. The van der Waals surface area contributed by atoms with E-state index in [-0.39, 0.29) is 11.8 Å². The van der Waals surface area contributed by atoms with Gasteiger partial charge in [-0.15, -0.1) is 0 Å². The highest BCUT2D eigenvalue weighted by Crippen LogP contribution is 2.09. The van der Waals surface area contributed by atoms with Crippen molar-refractivity contribution in [1.29, 1.82) is 0 Å². The molecule has 0 atom stereocenters. The molecule has 0 spiro atoms. The van der Waals surface area contributed by atoms with Gasteiger partial charge in [0, 0.05) is 23.7 Å². The van der Waals surface area contributed by atoms with E-state index in [2.05, 4.69) is 10.6 Å². The zero-order valence-corrected chi connectivity index (χ0v) is 13.7. The molecule has 0 aliphatic carbocycles. The fourth-order valence-corrected chi connectivity index (χ4v) is 2.16. The van der Waals surface area contributed by atoms with E-state index in [0.29, 0.717) is 30.1 Å². The monoisotopic (exact) mass is 330 g/mol. The molecule has 2 aromatic rings. The van der Waals surface area contributed by atoms with E-state index in [4.69, 9.17) is 11.6 Å². The average Bonchev–Trinajstić information content (AvgIpc) is 2.54. The number of amides is 2. The molecule has 0 aromatic heterocycles. The Balaban J connectivity index is 1.68. The van der Waals surface area contributed by atoms with E-state index in [0.717, 1.165) is 5.56 Å². The van der Waals surface area contributed by atoms with Crippen LogP contribution < -0.4 is 10.6 Å². The molecule has 2 amide bonds. The Morgan fingerprint density at radius 3 is 2.17 bits per heavy atom. The van der Waals surface area contributed by atoms with Gasteiger partial charge in [-0.05, 0) is 36.8 Å². The van der Waals surface area contributed by atoms with Crippen molar-refractivity contribution in [3.05, 3.63) is 70.2 Å². The summed E-state index contributed by atoms with van der Waals surface area (Å²) in [5.74, 6) is -0.246. The van der Waals surface area contributed by atoms with Crippen molar-refractivity contribution in [3.8, 4) is 0 Å². The predicted molar refractivity (Wildman–Crippen MR) is 91.7 cm³/mol. The summed E-state index contributed by atoms with van der Waals surface area (Å²) < 4.78 is 0. The number of carbonyl (C=O) groups excluding carboxylic acids is 2. The van der Waals surface area contributed by atoms with Crippen LogP contribution in [0.15, 0.2) is 48.5 Å². The molecule has 2 N–H and O–H groups in total. The topological polar surface area (TPSA) is 58.2 Å². The minimum absolute atomic E-state index is 0.0606. The first-order valence-electron chi connectivity index (χ1n) is 7.40. The highest BCUT2D eigenvalue weighted by Gasteiger charge is 2.05. The van der Waals surface area contributed by atoms with Crippen molar-refractivity contribution in [2.45, 2.75) is 13.3 Å². The molecule has 23 heavy (non-hydrogen) atoms. The third kappa shape index (κ3) is 5.75. The van der Waals surface area contributed by atoms with Crippen LogP contribution in [0.25, 0.3) is 0 Å². The molecule has 120 valence electrons. The average molecular weight is 331 g/mol. The van der Waals surface area contributed by atoms with E-state index in [1.165, 1.54) is 5.56 Å². The largest absolute Gasteiger partial charge is 0.354 e. The second-order valence-electron chi connectivity index (χ2n) is 5.28. The fourth-order valence-electron chi connectivity index (χ4n) is 2.04.